The van der Waals surface area contributed by atoms with Gasteiger partial charge in [-0.2, -0.15) is 0 Å². The molecular formula is C17H22N2S. The molecule has 0 aliphatic heterocycles. The maximum absolute atomic E-state index is 4.51. The highest BCUT2D eigenvalue weighted by atomic mass is 32.1. The lowest BCUT2D eigenvalue weighted by Gasteiger charge is -2.15. The van der Waals surface area contributed by atoms with Gasteiger partial charge >= 0.3 is 0 Å². The highest BCUT2D eigenvalue weighted by molar-refractivity contribution is 7.09. The van der Waals surface area contributed by atoms with Gasteiger partial charge in [0.25, 0.3) is 0 Å². The van der Waals surface area contributed by atoms with Crippen molar-refractivity contribution in [2.24, 2.45) is 0 Å². The molecule has 0 saturated heterocycles. The van der Waals surface area contributed by atoms with Gasteiger partial charge in [-0.3, -0.25) is 0 Å². The Balaban J connectivity index is 1.55. The van der Waals surface area contributed by atoms with Gasteiger partial charge in [0.05, 0.1) is 10.7 Å². The molecular weight excluding hydrogens is 264 g/mol. The SMILES string of the molecule is Cc1nc(CCNC(C)c2ccc3c(c2)CCC3)cs1. The second-order valence-corrected chi connectivity index (χ2v) is 6.73. The summed E-state index contributed by atoms with van der Waals surface area (Å²) in [6.45, 7) is 5.30. The molecule has 2 aromatic rings. The van der Waals surface area contributed by atoms with E-state index in [1.54, 1.807) is 22.5 Å². The molecule has 1 N–H and O–H groups in total. The van der Waals surface area contributed by atoms with E-state index >= 15 is 0 Å². The van der Waals surface area contributed by atoms with Crippen molar-refractivity contribution in [1.29, 1.82) is 0 Å². The maximum atomic E-state index is 4.51. The Hall–Kier alpha value is -1.19. The van der Waals surface area contributed by atoms with E-state index in [0.717, 1.165) is 18.0 Å². The molecule has 0 spiro atoms. The minimum absolute atomic E-state index is 0.417. The number of hydrogen-bond donors (Lipinski definition) is 1. The van der Waals surface area contributed by atoms with E-state index in [4.69, 9.17) is 0 Å². The van der Waals surface area contributed by atoms with Gasteiger partial charge in [0.15, 0.2) is 0 Å². The van der Waals surface area contributed by atoms with E-state index in [-0.39, 0.29) is 0 Å². The molecule has 1 aromatic heterocycles. The van der Waals surface area contributed by atoms with E-state index in [1.807, 2.05) is 0 Å². The third-order valence-electron chi connectivity index (χ3n) is 4.12. The van der Waals surface area contributed by atoms with E-state index in [9.17, 15) is 0 Å². The number of thiazole rings is 1. The molecule has 0 amide bonds. The van der Waals surface area contributed by atoms with Crippen molar-refractivity contribution < 1.29 is 0 Å². The second kappa shape index (κ2) is 6.06. The van der Waals surface area contributed by atoms with Crippen molar-refractivity contribution >= 4 is 11.3 Å². The topological polar surface area (TPSA) is 24.9 Å². The molecule has 2 nitrogen and oxygen atoms in total. The number of hydrogen-bond acceptors (Lipinski definition) is 3. The summed E-state index contributed by atoms with van der Waals surface area (Å²) in [5.41, 5.74) is 5.74. The van der Waals surface area contributed by atoms with Crippen LogP contribution in [0.25, 0.3) is 0 Å². The van der Waals surface area contributed by atoms with Crippen molar-refractivity contribution in [3.05, 3.63) is 51.0 Å². The van der Waals surface area contributed by atoms with Crippen LogP contribution in [0.3, 0.4) is 0 Å². The fourth-order valence-corrected chi connectivity index (χ4v) is 3.57. The predicted octanol–water partition coefficient (Wildman–Crippen LogP) is 3.83. The first-order valence-corrected chi connectivity index (χ1v) is 8.36. The lowest BCUT2D eigenvalue weighted by molar-refractivity contribution is 0.574. The van der Waals surface area contributed by atoms with Crippen LogP contribution in [0.2, 0.25) is 0 Å². The first-order chi connectivity index (χ1) is 9.72. The lowest BCUT2D eigenvalue weighted by Crippen LogP contribution is -2.21. The highest BCUT2D eigenvalue weighted by Crippen LogP contribution is 2.25. The normalized spacial score (nSPS) is 15.3. The van der Waals surface area contributed by atoms with Crippen LogP contribution in [-0.2, 0) is 19.3 Å². The zero-order valence-electron chi connectivity index (χ0n) is 12.3. The Morgan fingerprint density at radius 3 is 2.95 bits per heavy atom. The van der Waals surface area contributed by atoms with E-state index in [0.29, 0.717) is 6.04 Å². The number of nitrogens with one attached hydrogen (secondary N) is 1. The summed E-state index contributed by atoms with van der Waals surface area (Å²) in [6.07, 6.45) is 4.86. The molecule has 3 heteroatoms. The lowest BCUT2D eigenvalue weighted by atomic mass is 10.0. The summed E-state index contributed by atoms with van der Waals surface area (Å²) < 4.78 is 0. The van der Waals surface area contributed by atoms with Crippen LogP contribution < -0.4 is 5.32 Å². The van der Waals surface area contributed by atoms with E-state index in [1.165, 1.54) is 30.5 Å². The van der Waals surface area contributed by atoms with Gasteiger partial charge in [-0.25, -0.2) is 4.98 Å². The van der Waals surface area contributed by atoms with Crippen LogP contribution in [0.15, 0.2) is 23.6 Å². The Morgan fingerprint density at radius 1 is 1.30 bits per heavy atom. The van der Waals surface area contributed by atoms with Gasteiger partial charge < -0.3 is 5.32 Å². The summed E-state index contributed by atoms with van der Waals surface area (Å²) >= 11 is 1.73. The number of fused-ring (bicyclic) bond motifs is 1. The summed E-state index contributed by atoms with van der Waals surface area (Å²) in [6, 6.07) is 7.42. The molecule has 1 aromatic carbocycles. The fourth-order valence-electron chi connectivity index (χ4n) is 2.92. The van der Waals surface area contributed by atoms with Gasteiger partial charge in [-0.15, -0.1) is 11.3 Å². The standard InChI is InChI=1S/C17H22N2S/c1-12(18-9-8-17-11-20-13(2)19-17)15-7-6-14-4-3-5-16(14)10-15/h6-7,10-12,18H,3-5,8-9H2,1-2H3. The minimum Gasteiger partial charge on any atom is -0.310 e. The Kier molecular flexibility index (Phi) is 4.18. The number of rotatable bonds is 5. The molecule has 1 aliphatic rings. The van der Waals surface area contributed by atoms with Crippen molar-refractivity contribution in [2.45, 2.75) is 45.6 Å². The molecule has 0 fully saturated rings. The summed E-state index contributed by atoms with van der Waals surface area (Å²) in [5.74, 6) is 0. The molecule has 20 heavy (non-hydrogen) atoms. The molecule has 1 aliphatic carbocycles. The van der Waals surface area contributed by atoms with Gasteiger partial charge in [0.2, 0.25) is 0 Å². The van der Waals surface area contributed by atoms with Gasteiger partial charge in [0, 0.05) is 24.4 Å². The van der Waals surface area contributed by atoms with Crippen molar-refractivity contribution in [1.82, 2.24) is 10.3 Å². The predicted molar refractivity (Wildman–Crippen MR) is 85.4 cm³/mol. The monoisotopic (exact) mass is 286 g/mol. The minimum atomic E-state index is 0.417. The quantitative estimate of drug-likeness (QED) is 0.903. The molecule has 1 atom stereocenters. The number of aromatic nitrogens is 1. The fraction of sp³-hybridized carbons (Fsp3) is 0.471. The summed E-state index contributed by atoms with van der Waals surface area (Å²) in [4.78, 5) is 4.51. The average Bonchev–Trinajstić information content (AvgIpc) is 3.06. The smallest absolute Gasteiger partial charge is 0.0897 e. The maximum Gasteiger partial charge on any atom is 0.0897 e. The number of nitrogens with zero attached hydrogens (tertiary/aromatic N) is 1. The average molecular weight is 286 g/mol. The van der Waals surface area contributed by atoms with Crippen molar-refractivity contribution in [3.63, 3.8) is 0 Å². The first-order valence-electron chi connectivity index (χ1n) is 7.48. The Labute approximate surface area is 125 Å². The van der Waals surface area contributed by atoms with E-state index in [2.05, 4.69) is 47.7 Å². The molecule has 1 unspecified atom stereocenters. The third-order valence-corrected chi connectivity index (χ3v) is 4.94. The Morgan fingerprint density at radius 2 is 2.15 bits per heavy atom. The van der Waals surface area contributed by atoms with Crippen LogP contribution in [-0.4, -0.2) is 11.5 Å². The molecule has 0 saturated carbocycles. The zero-order chi connectivity index (χ0) is 13.9. The first kappa shape index (κ1) is 13.8. The van der Waals surface area contributed by atoms with E-state index < -0.39 is 0 Å². The van der Waals surface area contributed by atoms with Crippen LogP contribution >= 0.6 is 11.3 Å². The Bertz CT molecular complexity index is 588. The number of aryl methyl sites for hydroxylation is 3. The van der Waals surface area contributed by atoms with Crippen LogP contribution in [0.5, 0.6) is 0 Å². The van der Waals surface area contributed by atoms with Crippen molar-refractivity contribution in [3.8, 4) is 0 Å². The summed E-state index contributed by atoms with van der Waals surface area (Å²) in [5, 5.41) is 6.94. The van der Waals surface area contributed by atoms with Crippen LogP contribution in [0, 0.1) is 6.92 Å². The zero-order valence-corrected chi connectivity index (χ0v) is 13.1. The van der Waals surface area contributed by atoms with Crippen LogP contribution in [0.1, 0.15) is 46.8 Å². The van der Waals surface area contributed by atoms with Gasteiger partial charge in [-0.1, -0.05) is 18.2 Å². The molecule has 106 valence electrons. The van der Waals surface area contributed by atoms with Gasteiger partial charge in [-0.05, 0) is 49.8 Å². The molecule has 1 heterocycles. The number of benzene rings is 1. The molecule has 0 radical (unpaired) electrons. The second-order valence-electron chi connectivity index (χ2n) is 5.67. The van der Waals surface area contributed by atoms with Crippen molar-refractivity contribution in [2.75, 3.05) is 6.54 Å². The van der Waals surface area contributed by atoms with Crippen LogP contribution in [0.4, 0.5) is 0 Å². The molecule has 0 bridgehead atoms. The largest absolute Gasteiger partial charge is 0.310 e. The molecule has 3 rings (SSSR count). The third kappa shape index (κ3) is 3.10. The summed E-state index contributed by atoms with van der Waals surface area (Å²) in [7, 11) is 0. The van der Waals surface area contributed by atoms with Gasteiger partial charge in [0.1, 0.15) is 0 Å². The highest BCUT2D eigenvalue weighted by Gasteiger charge is 2.13.